The molecule has 0 saturated heterocycles. The number of H-pyrrole nitrogens is 1. The molecular formula is C11H8ClFN6. The zero-order valence-corrected chi connectivity index (χ0v) is 10.2. The summed E-state index contributed by atoms with van der Waals surface area (Å²) in [5.74, 6) is -0.217. The maximum absolute atomic E-state index is 13.5. The molecular weight excluding hydrogens is 271 g/mol. The van der Waals surface area contributed by atoms with Crippen LogP contribution in [0.1, 0.15) is 0 Å². The van der Waals surface area contributed by atoms with Crippen molar-refractivity contribution < 1.29 is 4.39 Å². The Labute approximate surface area is 111 Å². The Morgan fingerprint density at radius 3 is 3.05 bits per heavy atom. The van der Waals surface area contributed by atoms with E-state index in [0.29, 0.717) is 11.5 Å². The minimum atomic E-state index is -0.593. The van der Waals surface area contributed by atoms with E-state index in [0.717, 1.165) is 17.1 Å². The first kappa shape index (κ1) is 11.7. The van der Waals surface area contributed by atoms with Gasteiger partial charge >= 0.3 is 0 Å². The van der Waals surface area contributed by atoms with E-state index in [4.69, 9.17) is 17.3 Å². The predicted molar refractivity (Wildman–Crippen MR) is 70.8 cm³/mol. The van der Waals surface area contributed by atoms with E-state index >= 15 is 0 Å². The molecule has 0 aliphatic rings. The number of aromatic amines is 1. The third-order valence-electron chi connectivity index (χ3n) is 2.57. The zero-order valence-electron chi connectivity index (χ0n) is 9.48. The fourth-order valence-electron chi connectivity index (χ4n) is 1.68. The molecule has 0 unspecified atom stereocenters. The molecule has 1 aromatic carbocycles. The number of aromatic nitrogens is 4. The van der Waals surface area contributed by atoms with Crippen LogP contribution in [0.4, 0.5) is 21.7 Å². The number of rotatable bonds is 2. The molecule has 6 nitrogen and oxygen atoms in total. The van der Waals surface area contributed by atoms with Crippen LogP contribution in [0.5, 0.6) is 0 Å². The fraction of sp³-hybridized carbons (Fsp3) is 0. The maximum atomic E-state index is 13.5. The first-order valence-corrected chi connectivity index (χ1v) is 5.70. The Hall–Kier alpha value is -2.41. The molecule has 19 heavy (non-hydrogen) atoms. The number of hydrogen-bond donors (Lipinski definition) is 3. The van der Waals surface area contributed by atoms with Gasteiger partial charge in [0.1, 0.15) is 0 Å². The number of hydrogen-bond acceptors (Lipinski definition) is 5. The second kappa shape index (κ2) is 4.36. The van der Waals surface area contributed by atoms with Gasteiger partial charge in [0.2, 0.25) is 5.28 Å². The average Bonchev–Trinajstić information content (AvgIpc) is 2.76. The highest BCUT2D eigenvalue weighted by atomic mass is 35.5. The number of halogens is 2. The molecule has 2 heterocycles. The lowest BCUT2D eigenvalue weighted by Crippen LogP contribution is -1.98. The fourth-order valence-corrected chi connectivity index (χ4v) is 1.82. The highest BCUT2D eigenvalue weighted by Gasteiger charge is 2.08. The Morgan fingerprint density at radius 2 is 2.21 bits per heavy atom. The maximum Gasteiger partial charge on any atom is 0.224 e. The number of nitrogens with zero attached hydrogens (tertiary/aromatic N) is 3. The molecule has 2 aromatic heterocycles. The lowest BCUT2D eigenvalue weighted by Gasteiger charge is -2.06. The van der Waals surface area contributed by atoms with Crippen LogP contribution in [0.3, 0.4) is 0 Å². The van der Waals surface area contributed by atoms with Crippen molar-refractivity contribution in [3.05, 3.63) is 35.5 Å². The number of nitrogen functional groups attached to an aromatic ring is 1. The largest absolute Gasteiger partial charge is 0.382 e. The summed E-state index contributed by atoms with van der Waals surface area (Å²) in [5, 5.41) is 10.2. The summed E-state index contributed by atoms with van der Waals surface area (Å²) in [4.78, 5) is 7.31. The van der Waals surface area contributed by atoms with Gasteiger partial charge in [-0.3, -0.25) is 5.10 Å². The molecule has 0 fully saturated rings. The summed E-state index contributed by atoms with van der Waals surface area (Å²) >= 11 is 5.62. The van der Waals surface area contributed by atoms with Gasteiger partial charge < -0.3 is 11.1 Å². The van der Waals surface area contributed by atoms with Crippen molar-refractivity contribution in [1.82, 2.24) is 20.2 Å². The Balaban J connectivity index is 2.00. The molecule has 0 bridgehead atoms. The van der Waals surface area contributed by atoms with Crippen molar-refractivity contribution in [3.8, 4) is 0 Å². The topological polar surface area (TPSA) is 92.5 Å². The lowest BCUT2D eigenvalue weighted by atomic mass is 10.2. The SMILES string of the molecule is Nc1n[nH]c2ccc(Nc3nc(Cl)ncc3F)cc12. The summed E-state index contributed by atoms with van der Waals surface area (Å²) in [6.07, 6.45) is 1.00. The second-order valence-corrected chi connectivity index (χ2v) is 4.17. The minimum Gasteiger partial charge on any atom is -0.382 e. The molecule has 4 N–H and O–H groups in total. The zero-order chi connectivity index (χ0) is 13.4. The molecule has 3 aromatic rings. The van der Waals surface area contributed by atoms with Crippen molar-refractivity contribution in [2.24, 2.45) is 0 Å². The van der Waals surface area contributed by atoms with Gasteiger partial charge in [-0.05, 0) is 29.8 Å². The Bertz CT molecular complexity index is 756. The van der Waals surface area contributed by atoms with Crippen molar-refractivity contribution in [1.29, 1.82) is 0 Å². The van der Waals surface area contributed by atoms with Crippen molar-refractivity contribution >= 4 is 39.8 Å². The molecule has 0 aliphatic carbocycles. The second-order valence-electron chi connectivity index (χ2n) is 3.83. The molecule has 0 spiro atoms. The normalized spacial score (nSPS) is 10.8. The highest BCUT2D eigenvalue weighted by Crippen LogP contribution is 2.24. The third kappa shape index (κ3) is 2.15. The number of anilines is 3. The van der Waals surface area contributed by atoms with E-state index in [9.17, 15) is 4.39 Å². The summed E-state index contributed by atoms with van der Waals surface area (Å²) < 4.78 is 13.5. The first-order chi connectivity index (χ1) is 9.13. The Kier molecular flexibility index (Phi) is 2.68. The lowest BCUT2D eigenvalue weighted by molar-refractivity contribution is 0.619. The van der Waals surface area contributed by atoms with Gasteiger partial charge in [0.05, 0.1) is 11.7 Å². The van der Waals surface area contributed by atoms with E-state index < -0.39 is 5.82 Å². The van der Waals surface area contributed by atoms with Crippen LogP contribution in [0.25, 0.3) is 10.9 Å². The predicted octanol–water partition coefficient (Wildman–Crippen LogP) is 2.47. The van der Waals surface area contributed by atoms with Gasteiger partial charge in [-0.2, -0.15) is 10.1 Å². The van der Waals surface area contributed by atoms with Crippen LogP contribution in [-0.2, 0) is 0 Å². The van der Waals surface area contributed by atoms with Gasteiger partial charge in [0.15, 0.2) is 17.5 Å². The number of nitrogens with one attached hydrogen (secondary N) is 2. The van der Waals surface area contributed by atoms with E-state index in [1.165, 1.54) is 0 Å². The molecule has 0 atom stereocenters. The van der Waals surface area contributed by atoms with Crippen molar-refractivity contribution in [2.75, 3.05) is 11.1 Å². The number of fused-ring (bicyclic) bond motifs is 1. The minimum absolute atomic E-state index is 0.00131. The molecule has 0 amide bonds. The molecule has 0 radical (unpaired) electrons. The van der Waals surface area contributed by atoms with Gasteiger partial charge in [-0.15, -0.1) is 0 Å². The van der Waals surface area contributed by atoms with E-state index in [1.807, 2.05) is 0 Å². The third-order valence-corrected chi connectivity index (χ3v) is 2.75. The van der Waals surface area contributed by atoms with Gasteiger partial charge in [0.25, 0.3) is 0 Å². The van der Waals surface area contributed by atoms with Crippen LogP contribution < -0.4 is 11.1 Å². The average molecular weight is 279 g/mol. The number of nitrogens with two attached hydrogens (primary N) is 1. The smallest absolute Gasteiger partial charge is 0.224 e. The summed E-state index contributed by atoms with van der Waals surface area (Å²) in [5.41, 5.74) is 7.12. The van der Waals surface area contributed by atoms with Crippen LogP contribution in [0, 0.1) is 5.82 Å². The Morgan fingerprint density at radius 1 is 1.37 bits per heavy atom. The van der Waals surface area contributed by atoms with E-state index in [2.05, 4.69) is 25.5 Å². The quantitative estimate of drug-likeness (QED) is 0.626. The molecule has 3 rings (SSSR count). The van der Waals surface area contributed by atoms with Crippen molar-refractivity contribution in [3.63, 3.8) is 0 Å². The van der Waals surface area contributed by atoms with E-state index in [-0.39, 0.29) is 11.1 Å². The highest BCUT2D eigenvalue weighted by molar-refractivity contribution is 6.28. The van der Waals surface area contributed by atoms with Crippen LogP contribution in [-0.4, -0.2) is 20.2 Å². The summed E-state index contributed by atoms with van der Waals surface area (Å²) in [7, 11) is 0. The summed E-state index contributed by atoms with van der Waals surface area (Å²) in [6, 6.07) is 5.26. The van der Waals surface area contributed by atoms with Gasteiger partial charge in [-0.1, -0.05) is 0 Å². The molecule has 96 valence electrons. The van der Waals surface area contributed by atoms with Gasteiger partial charge in [-0.25, -0.2) is 9.37 Å². The van der Waals surface area contributed by atoms with Crippen LogP contribution >= 0.6 is 11.6 Å². The summed E-state index contributed by atoms with van der Waals surface area (Å²) in [6.45, 7) is 0. The van der Waals surface area contributed by atoms with Crippen LogP contribution in [0.15, 0.2) is 24.4 Å². The first-order valence-electron chi connectivity index (χ1n) is 5.32. The molecule has 0 saturated carbocycles. The van der Waals surface area contributed by atoms with Gasteiger partial charge in [0, 0.05) is 11.1 Å². The molecule has 8 heteroatoms. The standard InChI is InChI=1S/C11H8ClFN6/c12-11-15-4-7(13)10(17-11)16-5-1-2-8-6(3-5)9(14)19-18-8/h1-4H,(H3,14,18,19)(H,15,16,17). The van der Waals surface area contributed by atoms with Crippen molar-refractivity contribution in [2.45, 2.75) is 0 Å². The molecule has 0 aliphatic heterocycles. The number of benzene rings is 1. The van der Waals surface area contributed by atoms with Crippen LogP contribution in [0.2, 0.25) is 5.28 Å². The van der Waals surface area contributed by atoms with E-state index in [1.54, 1.807) is 18.2 Å². The monoisotopic (exact) mass is 278 g/mol.